The Balaban J connectivity index is 2.07. The van der Waals surface area contributed by atoms with Gasteiger partial charge in [0.05, 0.1) is 11.6 Å². The van der Waals surface area contributed by atoms with Gasteiger partial charge in [-0.15, -0.1) is 11.3 Å². The summed E-state index contributed by atoms with van der Waals surface area (Å²) in [6, 6.07) is 6.18. The van der Waals surface area contributed by atoms with Gasteiger partial charge in [-0.25, -0.2) is 4.98 Å². The summed E-state index contributed by atoms with van der Waals surface area (Å²) >= 11 is 5.26. The summed E-state index contributed by atoms with van der Waals surface area (Å²) in [4.78, 5) is 5.50. The van der Waals surface area contributed by atoms with Gasteiger partial charge in [0.2, 0.25) is 0 Å². The van der Waals surface area contributed by atoms with Crippen LogP contribution in [0.1, 0.15) is 15.4 Å². The second-order valence-corrected chi connectivity index (χ2v) is 5.79. The minimum Gasteiger partial charge on any atom is -0.380 e. The summed E-state index contributed by atoms with van der Waals surface area (Å²) in [6.45, 7) is 4.96. The van der Waals surface area contributed by atoms with Crippen LogP contribution in [0.15, 0.2) is 28.9 Å². The van der Waals surface area contributed by atoms with Crippen LogP contribution >= 0.6 is 27.3 Å². The fourth-order valence-corrected chi connectivity index (χ4v) is 2.57. The number of hydrogen-bond acceptors (Lipinski definition) is 3. The molecule has 0 saturated carbocycles. The number of aryl methyl sites for hydroxylation is 1. The largest absolute Gasteiger partial charge is 0.380 e. The van der Waals surface area contributed by atoms with Crippen molar-refractivity contribution in [3.05, 3.63) is 44.3 Å². The summed E-state index contributed by atoms with van der Waals surface area (Å²) < 4.78 is 1.14. The highest BCUT2D eigenvalue weighted by atomic mass is 79.9. The topological polar surface area (TPSA) is 24.9 Å². The highest BCUT2D eigenvalue weighted by Gasteiger charge is 2.02. The Hall–Kier alpha value is -0.870. The second kappa shape index (κ2) is 4.97. The van der Waals surface area contributed by atoms with Crippen molar-refractivity contribution in [1.82, 2.24) is 4.98 Å². The summed E-state index contributed by atoms with van der Waals surface area (Å²) in [5.41, 5.74) is 2.41. The van der Waals surface area contributed by atoms with E-state index < -0.39 is 0 Å². The molecule has 0 aliphatic carbocycles. The summed E-state index contributed by atoms with van der Waals surface area (Å²) in [5.74, 6) is 0. The first-order chi connectivity index (χ1) is 7.66. The molecule has 0 aliphatic rings. The molecule has 0 saturated heterocycles. The van der Waals surface area contributed by atoms with Gasteiger partial charge in [-0.3, -0.25) is 0 Å². The van der Waals surface area contributed by atoms with Crippen LogP contribution in [0.3, 0.4) is 0 Å². The highest BCUT2D eigenvalue weighted by Crippen LogP contribution is 2.24. The molecule has 1 aromatic carbocycles. The quantitative estimate of drug-likeness (QED) is 0.921. The summed E-state index contributed by atoms with van der Waals surface area (Å²) in [7, 11) is 0. The van der Waals surface area contributed by atoms with Crippen LogP contribution in [0.2, 0.25) is 0 Å². The molecule has 0 unspecified atom stereocenters. The number of nitrogens with one attached hydrogen (secondary N) is 1. The maximum absolute atomic E-state index is 4.24. The van der Waals surface area contributed by atoms with Crippen molar-refractivity contribution in [2.75, 3.05) is 5.32 Å². The molecule has 0 spiro atoms. The van der Waals surface area contributed by atoms with Crippen LogP contribution in [-0.2, 0) is 6.54 Å². The van der Waals surface area contributed by atoms with Gasteiger partial charge in [-0.1, -0.05) is 22.0 Å². The van der Waals surface area contributed by atoms with Crippen LogP contribution in [-0.4, -0.2) is 4.98 Å². The fourth-order valence-electron chi connectivity index (χ4n) is 1.47. The molecule has 1 N–H and O–H groups in total. The predicted molar refractivity (Wildman–Crippen MR) is 73.1 cm³/mol. The Morgan fingerprint density at radius 2 is 2.19 bits per heavy atom. The third-order valence-corrected chi connectivity index (χ3v) is 4.16. The molecule has 1 heterocycles. The van der Waals surface area contributed by atoms with Crippen LogP contribution in [0.5, 0.6) is 0 Å². The van der Waals surface area contributed by atoms with Gasteiger partial charge in [-0.2, -0.15) is 0 Å². The van der Waals surface area contributed by atoms with Gasteiger partial charge in [0.1, 0.15) is 0 Å². The lowest BCUT2D eigenvalue weighted by molar-refractivity contribution is 1.16. The molecule has 0 amide bonds. The number of anilines is 1. The Morgan fingerprint density at radius 1 is 1.38 bits per heavy atom. The third kappa shape index (κ3) is 2.62. The van der Waals surface area contributed by atoms with E-state index in [-0.39, 0.29) is 0 Å². The van der Waals surface area contributed by atoms with Crippen LogP contribution in [0.4, 0.5) is 5.69 Å². The van der Waals surface area contributed by atoms with Crippen molar-refractivity contribution in [3.8, 4) is 0 Å². The molecule has 16 heavy (non-hydrogen) atoms. The van der Waals surface area contributed by atoms with Crippen LogP contribution in [0.25, 0.3) is 0 Å². The molecule has 0 fully saturated rings. The van der Waals surface area contributed by atoms with E-state index in [9.17, 15) is 0 Å². The fraction of sp³-hybridized carbons (Fsp3) is 0.250. The van der Waals surface area contributed by atoms with E-state index in [4.69, 9.17) is 0 Å². The summed E-state index contributed by atoms with van der Waals surface area (Å²) in [6.07, 6.45) is 1.93. The molecule has 4 heteroatoms. The Bertz CT molecular complexity index is 494. The third-order valence-electron chi connectivity index (χ3n) is 2.39. The monoisotopic (exact) mass is 296 g/mol. The minimum absolute atomic E-state index is 0.836. The summed E-state index contributed by atoms with van der Waals surface area (Å²) in [5, 5.41) is 4.54. The van der Waals surface area contributed by atoms with E-state index in [0.29, 0.717) is 0 Å². The average molecular weight is 297 g/mol. The van der Waals surface area contributed by atoms with E-state index in [2.05, 4.69) is 45.3 Å². The molecule has 0 radical (unpaired) electrons. The van der Waals surface area contributed by atoms with Crippen LogP contribution in [0, 0.1) is 13.8 Å². The maximum atomic E-state index is 4.24. The van der Waals surface area contributed by atoms with Crippen LogP contribution < -0.4 is 5.32 Å². The lowest BCUT2D eigenvalue weighted by Gasteiger charge is -2.09. The number of hydrogen-bond donors (Lipinski definition) is 1. The van der Waals surface area contributed by atoms with E-state index >= 15 is 0 Å². The van der Waals surface area contributed by atoms with E-state index in [0.717, 1.165) is 16.0 Å². The van der Waals surface area contributed by atoms with Crippen molar-refractivity contribution < 1.29 is 0 Å². The van der Waals surface area contributed by atoms with Gasteiger partial charge in [0.15, 0.2) is 0 Å². The maximum Gasteiger partial charge on any atom is 0.0897 e. The molecule has 2 nitrogen and oxygen atoms in total. The van der Waals surface area contributed by atoms with Gasteiger partial charge in [-0.05, 0) is 31.5 Å². The van der Waals surface area contributed by atoms with Crippen molar-refractivity contribution >= 4 is 33.0 Å². The lowest BCUT2D eigenvalue weighted by atomic mass is 10.2. The Morgan fingerprint density at radius 3 is 2.88 bits per heavy atom. The zero-order valence-electron chi connectivity index (χ0n) is 9.25. The van der Waals surface area contributed by atoms with Crippen molar-refractivity contribution in [2.24, 2.45) is 0 Å². The number of nitrogens with zero attached hydrogens (tertiary/aromatic N) is 1. The Labute approximate surface area is 108 Å². The van der Waals surface area contributed by atoms with Gasteiger partial charge >= 0.3 is 0 Å². The molecule has 0 bridgehead atoms. The zero-order chi connectivity index (χ0) is 11.5. The second-order valence-electron chi connectivity index (χ2n) is 3.61. The van der Waals surface area contributed by atoms with E-state index in [1.165, 1.54) is 16.1 Å². The van der Waals surface area contributed by atoms with Crippen molar-refractivity contribution in [2.45, 2.75) is 20.4 Å². The smallest absolute Gasteiger partial charge is 0.0897 e. The molecule has 84 valence electrons. The van der Waals surface area contributed by atoms with Crippen molar-refractivity contribution in [1.29, 1.82) is 0 Å². The van der Waals surface area contributed by atoms with Gasteiger partial charge in [0.25, 0.3) is 0 Å². The predicted octanol–water partition coefficient (Wildman–Crippen LogP) is 4.13. The molecule has 0 aliphatic heterocycles. The number of thiazole rings is 1. The molecule has 0 atom stereocenters. The van der Waals surface area contributed by atoms with E-state index in [1.807, 2.05) is 19.2 Å². The van der Waals surface area contributed by atoms with Gasteiger partial charge in [0, 0.05) is 21.2 Å². The molecular formula is C12H13BrN2S. The Kier molecular flexibility index (Phi) is 3.61. The molecule has 1 aromatic heterocycles. The first-order valence-corrected chi connectivity index (χ1v) is 6.68. The minimum atomic E-state index is 0.836. The van der Waals surface area contributed by atoms with Crippen molar-refractivity contribution in [3.63, 3.8) is 0 Å². The first-order valence-electron chi connectivity index (χ1n) is 5.07. The lowest BCUT2D eigenvalue weighted by Crippen LogP contribution is -1.99. The SMILES string of the molecule is Cc1ncc(CNc2cccc(Br)c2C)s1. The molecule has 2 aromatic rings. The standard InChI is InChI=1S/C12H13BrN2S/c1-8-11(13)4-3-5-12(8)15-7-10-6-14-9(2)16-10/h3-6,15H,7H2,1-2H3. The number of halogens is 1. The number of benzene rings is 1. The number of rotatable bonds is 3. The first kappa shape index (κ1) is 11.6. The zero-order valence-corrected chi connectivity index (χ0v) is 11.7. The van der Waals surface area contributed by atoms with E-state index in [1.54, 1.807) is 11.3 Å². The molecular weight excluding hydrogens is 284 g/mol. The number of aromatic nitrogens is 1. The van der Waals surface area contributed by atoms with Gasteiger partial charge < -0.3 is 5.32 Å². The highest BCUT2D eigenvalue weighted by molar-refractivity contribution is 9.10. The molecule has 2 rings (SSSR count). The average Bonchev–Trinajstić information content (AvgIpc) is 2.67. The normalized spacial score (nSPS) is 10.4.